The molecule has 0 N–H and O–H groups in total. The summed E-state index contributed by atoms with van der Waals surface area (Å²) in [4.78, 5) is 4.49. The molecule has 8 aromatic rings. The zero-order valence-corrected chi connectivity index (χ0v) is 19.1. The standard InChI is InChI=1S/C29H16N2S2/c1-2-6-18-12-25-21(11-17(18)5-1)22-15-28-23(20-7-3-4-8-27(20)33-28)14-26(22)31(25)19-9-10-24-29(13-19)32-16-30-24/h1-16H. The van der Waals surface area contributed by atoms with Crippen molar-refractivity contribution in [3.8, 4) is 5.69 Å². The number of nitrogens with zero attached hydrogens (tertiary/aromatic N) is 2. The first-order chi connectivity index (χ1) is 16.3. The summed E-state index contributed by atoms with van der Waals surface area (Å²) in [7, 11) is 0. The SMILES string of the molecule is c1ccc2cc3c(cc2c1)c1cc2sc4ccccc4c2cc1n3-c1ccc2ncsc2c1. The van der Waals surface area contributed by atoms with E-state index in [2.05, 4.69) is 101 Å². The van der Waals surface area contributed by atoms with E-state index in [-0.39, 0.29) is 0 Å². The molecule has 0 fully saturated rings. The number of thiazole rings is 1. The van der Waals surface area contributed by atoms with E-state index in [1.54, 1.807) is 11.3 Å². The Morgan fingerprint density at radius 2 is 1.36 bits per heavy atom. The van der Waals surface area contributed by atoms with Gasteiger partial charge in [0.05, 0.1) is 26.8 Å². The van der Waals surface area contributed by atoms with Crippen LogP contribution in [0, 0.1) is 0 Å². The molecule has 3 heterocycles. The number of benzene rings is 5. The van der Waals surface area contributed by atoms with Crippen molar-refractivity contribution in [1.82, 2.24) is 9.55 Å². The number of rotatable bonds is 1. The van der Waals surface area contributed by atoms with Crippen molar-refractivity contribution < 1.29 is 0 Å². The molecule has 8 rings (SSSR count). The van der Waals surface area contributed by atoms with Crippen LogP contribution in [0.3, 0.4) is 0 Å². The Kier molecular flexibility index (Phi) is 3.45. The van der Waals surface area contributed by atoms with Gasteiger partial charge in [-0.25, -0.2) is 4.98 Å². The van der Waals surface area contributed by atoms with E-state index in [1.807, 2.05) is 16.8 Å². The van der Waals surface area contributed by atoms with Crippen molar-refractivity contribution in [3.63, 3.8) is 0 Å². The third-order valence-corrected chi connectivity index (χ3v) is 8.63. The largest absolute Gasteiger partial charge is 0.309 e. The molecule has 0 amide bonds. The van der Waals surface area contributed by atoms with Crippen LogP contribution in [-0.2, 0) is 0 Å². The molecular formula is C29H16N2S2. The smallest absolute Gasteiger partial charge is 0.0813 e. The van der Waals surface area contributed by atoms with Gasteiger partial charge in [0, 0.05) is 36.6 Å². The van der Waals surface area contributed by atoms with Crippen LogP contribution in [0.2, 0.25) is 0 Å². The first-order valence-corrected chi connectivity index (χ1v) is 12.6. The highest BCUT2D eigenvalue weighted by Gasteiger charge is 2.17. The minimum absolute atomic E-state index is 1.06. The molecule has 5 aromatic carbocycles. The number of aromatic nitrogens is 2. The maximum absolute atomic E-state index is 4.49. The van der Waals surface area contributed by atoms with Crippen LogP contribution in [0.1, 0.15) is 0 Å². The molecule has 0 aliphatic rings. The normalized spacial score (nSPS) is 12.2. The molecule has 0 saturated carbocycles. The highest BCUT2D eigenvalue weighted by molar-refractivity contribution is 7.25. The summed E-state index contributed by atoms with van der Waals surface area (Å²) in [6.07, 6.45) is 0. The molecule has 0 bridgehead atoms. The van der Waals surface area contributed by atoms with E-state index in [9.17, 15) is 0 Å². The fourth-order valence-electron chi connectivity index (χ4n) is 5.18. The maximum atomic E-state index is 4.49. The molecule has 33 heavy (non-hydrogen) atoms. The summed E-state index contributed by atoms with van der Waals surface area (Å²) in [5, 5.41) is 7.81. The number of thiophene rings is 1. The average Bonchev–Trinajstić information content (AvgIpc) is 3.54. The molecule has 0 aliphatic heterocycles. The van der Waals surface area contributed by atoms with Crippen molar-refractivity contribution in [1.29, 1.82) is 0 Å². The van der Waals surface area contributed by atoms with Gasteiger partial charge in [0.15, 0.2) is 0 Å². The van der Waals surface area contributed by atoms with Gasteiger partial charge in [-0.3, -0.25) is 0 Å². The summed E-state index contributed by atoms with van der Waals surface area (Å²) < 4.78 is 6.33. The fraction of sp³-hybridized carbons (Fsp3) is 0. The molecule has 0 atom stereocenters. The Bertz CT molecular complexity index is 2040. The van der Waals surface area contributed by atoms with Crippen LogP contribution in [0.5, 0.6) is 0 Å². The monoisotopic (exact) mass is 456 g/mol. The molecule has 0 spiro atoms. The van der Waals surface area contributed by atoms with Gasteiger partial charge in [-0.2, -0.15) is 0 Å². The Balaban J connectivity index is 1.59. The van der Waals surface area contributed by atoms with Gasteiger partial charge in [-0.05, 0) is 59.3 Å². The van der Waals surface area contributed by atoms with E-state index < -0.39 is 0 Å². The highest BCUT2D eigenvalue weighted by Crippen LogP contribution is 2.41. The molecule has 0 saturated heterocycles. The first kappa shape index (κ1) is 17.8. The second-order valence-corrected chi connectivity index (χ2v) is 10.5. The van der Waals surface area contributed by atoms with Crippen LogP contribution >= 0.6 is 22.7 Å². The van der Waals surface area contributed by atoms with Crippen LogP contribution in [-0.4, -0.2) is 9.55 Å². The lowest BCUT2D eigenvalue weighted by Crippen LogP contribution is -1.93. The van der Waals surface area contributed by atoms with Gasteiger partial charge in [0.2, 0.25) is 0 Å². The third kappa shape index (κ3) is 2.45. The molecule has 3 aromatic heterocycles. The van der Waals surface area contributed by atoms with Crippen LogP contribution in [0.15, 0.2) is 96.5 Å². The minimum atomic E-state index is 1.06. The first-order valence-electron chi connectivity index (χ1n) is 11.0. The predicted octanol–water partition coefficient (Wildman–Crippen LogP) is 8.91. The van der Waals surface area contributed by atoms with Crippen LogP contribution in [0.4, 0.5) is 0 Å². The lowest BCUT2D eigenvalue weighted by atomic mass is 10.1. The Morgan fingerprint density at radius 1 is 0.576 bits per heavy atom. The lowest BCUT2D eigenvalue weighted by molar-refractivity contribution is 1.19. The van der Waals surface area contributed by atoms with Crippen LogP contribution in [0.25, 0.3) is 68.7 Å². The van der Waals surface area contributed by atoms with Crippen molar-refractivity contribution in [2.45, 2.75) is 0 Å². The summed E-state index contributed by atoms with van der Waals surface area (Å²) in [6, 6.07) is 33.5. The molecule has 4 heteroatoms. The van der Waals surface area contributed by atoms with Gasteiger partial charge in [0.1, 0.15) is 0 Å². The van der Waals surface area contributed by atoms with E-state index in [1.165, 1.54) is 63.1 Å². The van der Waals surface area contributed by atoms with E-state index >= 15 is 0 Å². The highest BCUT2D eigenvalue weighted by atomic mass is 32.1. The van der Waals surface area contributed by atoms with Gasteiger partial charge in [-0.15, -0.1) is 22.7 Å². The van der Waals surface area contributed by atoms with Crippen LogP contribution < -0.4 is 0 Å². The second kappa shape index (κ2) is 6.41. The number of fused-ring (bicyclic) bond motifs is 8. The summed E-state index contributed by atoms with van der Waals surface area (Å²) >= 11 is 3.58. The zero-order valence-electron chi connectivity index (χ0n) is 17.4. The van der Waals surface area contributed by atoms with Gasteiger partial charge in [-0.1, -0.05) is 42.5 Å². The minimum Gasteiger partial charge on any atom is -0.309 e. The average molecular weight is 457 g/mol. The zero-order chi connectivity index (χ0) is 21.5. The summed E-state index contributed by atoms with van der Waals surface area (Å²) in [6.45, 7) is 0. The Hall–Kier alpha value is -3.73. The summed E-state index contributed by atoms with van der Waals surface area (Å²) in [5.41, 5.74) is 6.66. The topological polar surface area (TPSA) is 17.8 Å². The number of hydrogen-bond donors (Lipinski definition) is 0. The van der Waals surface area contributed by atoms with E-state index in [0.717, 1.165) is 5.52 Å². The van der Waals surface area contributed by atoms with Crippen molar-refractivity contribution in [2.24, 2.45) is 0 Å². The molecular weight excluding hydrogens is 440 g/mol. The van der Waals surface area contributed by atoms with Gasteiger partial charge in [0.25, 0.3) is 0 Å². The second-order valence-electron chi connectivity index (χ2n) is 8.52. The quantitative estimate of drug-likeness (QED) is 0.241. The van der Waals surface area contributed by atoms with Crippen molar-refractivity contribution >= 4 is 85.6 Å². The molecule has 154 valence electrons. The molecule has 0 radical (unpaired) electrons. The summed E-state index contributed by atoms with van der Waals surface area (Å²) in [5.74, 6) is 0. The maximum Gasteiger partial charge on any atom is 0.0813 e. The predicted molar refractivity (Wildman–Crippen MR) is 144 cm³/mol. The lowest BCUT2D eigenvalue weighted by Gasteiger charge is -2.09. The Labute approximate surface area is 196 Å². The fourth-order valence-corrected chi connectivity index (χ4v) is 7.02. The van der Waals surface area contributed by atoms with Gasteiger partial charge >= 0.3 is 0 Å². The third-order valence-electron chi connectivity index (χ3n) is 6.70. The molecule has 0 aliphatic carbocycles. The molecule has 0 unspecified atom stereocenters. The van der Waals surface area contributed by atoms with Gasteiger partial charge < -0.3 is 4.57 Å². The van der Waals surface area contributed by atoms with Crippen molar-refractivity contribution in [2.75, 3.05) is 0 Å². The Morgan fingerprint density at radius 3 is 2.30 bits per heavy atom. The van der Waals surface area contributed by atoms with E-state index in [0.29, 0.717) is 0 Å². The number of hydrogen-bond acceptors (Lipinski definition) is 3. The molecule has 2 nitrogen and oxygen atoms in total. The van der Waals surface area contributed by atoms with E-state index in [4.69, 9.17) is 0 Å². The van der Waals surface area contributed by atoms with Crippen molar-refractivity contribution in [3.05, 3.63) is 96.5 Å².